The molecule has 0 amide bonds. The van der Waals surface area contributed by atoms with Crippen molar-refractivity contribution in [2.75, 3.05) is 0 Å². The van der Waals surface area contributed by atoms with Crippen LogP contribution in [0.5, 0.6) is 0 Å². The Balaban J connectivity index is 0.000000132. The van der Waals surface area contributed by atoms with E-state index in [0.29, 0.717) is 0 Å². The Morgan fingerprint density at radius 3 is 1.77 bits per heavy atom. The number of furan rings is 1. The van der Waals surface area contributed by atoms with Crippen molar-refractivity contribution in [3.05, 3.63) is 60.1 Å². The van der Waals surface area contributed by atoms with Crippen molar-refractivity contribution in [2.24, 2.45) is 0 Å². The number of hydrogen-bond donors (Lipinski definition) is 0. The maximum atomic E-state index is 4.83. The summed E-state index contributed by atoms with van der Waals surface area (Å²) in [6.07, 6.45) is 1.66. The van der Waals surface area contributed by atoms with E-state index in [1.54, 1.807) is 6.26 Å². The summed E-state index contributed by atoms with van der Waals surface area (Å²) in [6.45, 7) is 4.00. The van der Waals surface area contributed by atoms with Gasteiger partial charge in [0.1, 0.15) is 5.76 Å². The van der Waals surface area contributed by atoms with Crippen molar-refractivity contribution in [3.63, 3.8) is 0 Å². The van der Waals surface area contributed by atoms with Gasteiger partial charge in [0.2, 0.25) is 0 Å². The molecule has 0 radical (unpaired) electrons. The Morgan fingerprint density at radius 1 is 0.846 bits per heavy atom. The Morgan fingerprint density at radius 2 is 1.54 bits per heavy atom. The van der Waals surface area contributed by atoms with Gasteiger partial charge in [0.15, 0.2) is 0 Å². The molecule has 1 heterocycles. The molecule has 1 heteroatoms. The molecule has 0 bridgehead atoms. The molecule has 0 spiro atoms. The SMILES string of the molecule is Cc1ccccc1.Cc1ccco1. The predicted molar refractivity (Wildman–Crippen MR) is 54.6 cm³/mol. The molecule has 0 saturated heterocycles. The van der Waals surface area contributed by atoms with Gasteiger partial charge in [-0.05, 0) is 26.0 Å². The monoisotopic (exact) mass is 174 g/mol. The van der Waals surface area contributed by atoms with Crippen LogP contribution < -0.4 is 0 Å². The highest BCUT2D eigenvalue weighted by Gasteiger charge is 1.76. The van der Waals surface area contributed by atoms with Crippen LogP contribution in [0.25, 0.3) is 0 Å². The number of rotatable bonds is 0. The van der Waals surface area contributed by atoms with Crippen molar-refractivity contribution >= 4 is 0 Å². The lowest BCUT2D eigenvalue weighted by Gasteiger charge is -1.82. The van der Waals surface area contributed by atoms with Gasteiger partial charge < -0.3 is 4.42 Å². The summed E-state index contributed by atoms with van der Waals surface area (Å²) in [4.78, 5) is 0. The molecule has 0 aliphatic rings. The summed E-state index contributed by atoms with van der Waals surface area (Å²) < 4.78 is 4.83. The van der Waals surface area contributed by atoms with Crippen LogP contribution in [-0.2, 0) is 0 Å². The maximum absolute atomic E-state index is 4.83. The molecule has 0 aliphatic heterocycles. The highest BCUT2D eigenvalue weighted by Crippen LogP contribution is 1.93. The van der Waals surface area contributed by atoms with Crippen LogP contribution in [0.3, 0.4) is 0 Å². The van der Waals surface area contributed by atoms with E-state index in [9.17, 15) is 0 Å². The lowest BCUT2D eigenvalue weighted by Crippen LogP contribution is -1.62. The molecule has 0 atom stereocenters. The van der Waals surface area contributed by atoms with Crippen LogP contribution >= 0.6 is 0 Å². The minimum atomic E-state index is 0.968. The molecule has 0 aliphatic carbocycles. The summed E-state index contributed by atoms with van der Waals surface area (Å²) in [6, 6.07) is 14.0. The van der Waals surface area contributed by atoms with E-state index in [1.807, 2.05) is 37.3 Å². The van der Waals surface area contributed by atoms with Gasteiger partial charge in [-0.1, -0.05) is 35.9 Å². The zero-order valence-corrected chi connectivity index (χ0v) is 8.03. The summed E-state index contributed by atoms with van der Waals surface area (Å²) in [5.41, 5.74) is 1.32. The van der Waals surface area contributed by atoms with E-state index in [4.69, 9.17) is 4.42 Å². The first kappa shape index (κ1) is 9.59. The van der Waals surface area contributed by atoms with Crippen molar-refractivity contribution in [3.8, 4) is 0 Å². The van der Waals surface area contributed by atoms with Crippen LogP contribution in [0.1, 0.15) is 11.3 Å². The normalized spacial score (nSPS) is 8.77. The molecule has 0 unspecified atom stereocenters. The van der Waals surface area contributed by atoms with Gasteiger partial charge in [-0.15, -0.1) is 0 Å². The zero-order chi connectivity index (χ0) is 9.52. The Bertz CT molecular complexity index is 308. The molecule has 1 nitrogen and oxygen atoms in total. The molecule has 13 heavy (non-hydrogen) atoms. The standard InChI is InChI=1S/C7H8.C5H6O/c1-7-5-3-2-4-6-7;1-5-3-2-4-6-5/h2-6H,1H3;2-4H,1H3. The van der Waals surface area contributed by atoms with Crippen LogP contribution in [-0.4, -0.2) is 0 Å². The van der Waals surface area contributed by atoms with Gasteiger partial charge in [-0.2, -0.15) is 0 Å². The van der Waals surface area contributed by atoms with Gasteiger partial charge in [0.05, 0.1) is 6.26 Å². The van der Waals surface area contributed by atoms with E-state index in [2.05, 4.69) is 19.1 Å². The lowest BCUT2D eigenvalue weighted by atomic mass is 10.2. The third kappa shape index (κ3) is 4.16. The van der Waals surface area contributed by atoms with Gasteiger partial charge in [0, 0.05) is 0 Å². The second-order valence-electron chi connectivity index (χ2n) is 2.88. The van der Waals surface area contributed by atoms with E-state index in [0.717, 1.165) is 5.76 Å². The Labute approximate surface area is 79.0 Å². The molecule has 2 rings (SSSR count). The first-order valence-electron chi connectivity index (χ1n) is 4.31. The largest absolute Gasteiger partial charge is 0.470 e. The van der Waals surface area contributed by atoms with Crippen LogP contribution in [0.2, 0.25) is 0 Å². The third-order valence-corrected chi connectivity index (χ3v) is 1.60. The summed E-state index contributed by atoms with van der Waals surface area (Å²) >= 11 is 0. The van der Waals surface area contributed by atoms with E-state index in [-0.39, 0.29) is 0 Å². The van der Waals surface area contributed by atoms with Crippen LogP contribution in [0, 0.1) is 13.8 Å². The molecular formula is C12H14O. The molecular weight excluding hydrogens is 160 g/mol. The second kappa shape index (κ2) is 5.20. The van der Waals surface area contributed by atoms with Crippen LogP contribution in [0.4, 0.5) is 0 Å². The second-order valence-corrected chi connectivity index (χ2v) is 2.88. The van der Waals surface area contributed by atoms with Gasteiger partial charge in [-0.3, -0.25) is 0 Å². The van der Waals surface area contributed by atoms with E-state index in [1.165, 1.54) is 5.56 Å². The average molecular weight is 174 g/mol. The fourth-order valence-electron chi connectivity index (χ4n) is 0.895. The molecule has 0 saturated carbocycles. The topological polar surface area (TPSA) is 13.1 Å². The van der Waals surface area contributed by atoms with Gasteiger partial charge in [0.25, 0.3) is 0 Å². The fourth-order valence-corrected chi connectivity index (χ4v) is 0.895. The van der Waals surface area contributed by atoms with Crippen molar-refractivity contribution in [2.45, 2.75) is 13.8 Å². The number of benzene rings is 1. The average Bonchev–Trinajstić information content (AvgIpc) is 2.58. The van der Waals surface area contributed by atoms with Gasteiger partial charge in [-0.25, -0.2) is 0 Å². The quantitative estimate of drug-likeness (QED) is 0.595. The summed E-state index contributed by atoms with van der Waals surface area (Å²) in [5, 5.41) is 0. The van der Waals surface area contributed by atoms with Gasteiger partial charge >= 0.3 is 0 Å². The molecule has 0 N–H and O–H groups in total. The van der Waals surface area contributed by atoms with Crippen LogP contribution in [0.15, 0.2) is 53.1 Å². The zero-order valence-electron chi connectivity index (χ0n) is 8.03. The first-order valence-corrected chi connectivity index (χ1v) is 4.31. The number of hydrogen-bond acceptors (Lipinski definition) is 1. The molecule has 68 valence electrons. The Hall–Kier alpha value is -1.50. The molecule has 1 aromatic heterocycles. The first-order chi connectivity index (χ1) is 6.29. The van der Waals surface area contributed by atoms with Crippen molar-refractivity contribution in [1.29, 1.82) is 0 Å². The van der Waals surface area contributed by atoms with E-state index < -0.39 is 0 Å². The third-order valence-electron chi connectivity index (χ3n) is 1.60. The molecule has 0 fully saturated rings. The minimum absolute atomic E-state index is 0.968. The van der Waals surface area contributed by atoms with Crippen molar-refractivity contribution in [1.82, 2.24) is 0 Å². The molecule has 1 aromatic carbocycles. The highest BCUT2D eigenvalue weighted by atomic mass is 16.3. The summed E-state index contributed by atoms with van der Waals surface area (Å²) in [7, 11) is 0. The fraction of sp³-hybridized carbons (Fsp3) is 0.167. The molecule has 2 aromatic rings. The highest BCUT2D eigenvalue weighted by molar-refractivity contribution is 5.11. The lowest BCUT2D eigenvalue weighted by molar-refractivity contribution is 0.534. The Kier molecular flexibility index (Phi) is 3.83. The smallest absolute Gasteiger partial charge is 0.100 e. The summed E-state index contributed by atoms with van der Waals surface area (Å²) in [5.74, 6) is 0.968. The van der Waals surface area contributed by atoms with Crippen molar-refractivity contribution < 1.29 is 4.42 Å². The predicted octanol–water partition coefficient (Wildman–Crippen LogP) is 3.58. The van der Waals surface area contributed by atoms with E-state index >= 15 is 0 Å². The maximum Gasteiger partial charge on any atom is 0.100 e. The number of aryl methyl sites for hydroxylation is 2. The minimum Gasteiger partial charge on any atom is -0.470 e.